The largest absolute Gasteiger partial charge is 0.325 e. The van der Waals surface area contributed by atoms with Gasteiger partial charge in [0.1, 0.15) is 10.7 Å². The zero-order chi connectivity index (χ0) is 22.7. The molecular weight excluding hydrogens is 444 g/mol. The summed E-state index contributed by atoms with van der Waals surface area (Å²) in [6.07, 6.45) is 0. The van der Waals surface area contributed by atoms with E-state index in [1.54, 1.807) is 6.92 Å². The predicted molar refractivity (Wildman–Crippen MR) is 127 cm³/mol. The highest BCUT2D eigenvalue weighted by Gasteiger charge is 2.19. The predicted octanol–water partition coefficient (Wildman–Crippen LogP) is 4.06. The molecule has 1 amide bonds. The summed E-state index contributed by atoms with van der Waals surface area (Å²) < 4.78 is 22.7. The number of nitrogens with one attached hydrogen (secondary N) is 1. The zero-order valence-electron chi connectivity index (χ0n) is 17.1. The third-order valence-corrected chi connectivity index (χ3v) is 6.83. The topological polar surface area (TPSA) is 115 Å². The van der Waals surface area contributed by atoms with Crippen molar-refractivity contribution in [3.63, 3.8) is 0 Å². The lowest BCUT2D eigenvalue weighted by molar-refractivity contribution is -0.115. The van der Waals surface area contributed by atoms with Crippen LogP contribution in [0.2, 0.25) is 0 Å². The second kappa shape index (κ2) is 9.07. The van der Waals surface area contributed by atoms with Crippen molar-refractivity contribution < 1.29 is 13.2 Å². The van der Waals surface area contributed by atoms with Crippen molar-refractivity contribution in [2.75, 3.05) is 5.32 Å². The second-order valence-electron chi connectivity index (χ2n) is 7.08. The molecule has 0 aliphatic heterocycles. The van der Waals surface area contributed by atoms with Gasteiger partial charge in [0.05, 0.1) is 10.1 Å². The van der Waals surface area contributed by atoms with Crippen LogP contribution in [-0.4, -0.2) is 29.8 Å². The quantitative estimate of drug-likeness (QED) is 0.416. The summed E-state index contributed by atoms with van der Waals surface area (Å²) in [5.74, 6) is -0.239. The van der Waals surface area contributed by atoms with Gasteiger partial charge in [-0.1, -0.05) is 66.4 Å². The molecular formula is C23H20N4O3S2. The Morgan fingerprint density at radius 2 is 1.53 bits per heavy atom. The van der Waals surface area contributed by atoms with E-state index in [1.807, 2.05) is 54.6 Å². The maximum Gasteiger partial charge on any atom is 0.238 e. The molecule has 32 heavy (non-hydrogen) atoms. The Labute approximate surface area is 190 Å². The van der Waals surface area contributed by atoms with Gasteiger partial charge < -0.3 is 5.32 Å². The van der Waals surface area contributed by atoms with Gasteiger partial charge in [0.25, 0.3) is 0 Å². The molecule has 1 heterocycles. The molecule has 0 saturated carbocycles. The van der Waals surface area contributed by atoms with Crippen molar-refractivity contribution in [1.82, 2.24) is 10.2 Å². The Morgan fingerprint density at radius 3 is 2.19 bits per heavy atom. The molecule has 9 heteroatoms. The van der Waals surface area contributed by atoms with E-state index in [1.165, 1.54) is 36.0 Å². The summed E-state index contributed by atoms with van der Waals surface area (Å²) in [5, 5.41) is 18.8. The molecule has 1 aromatic heterocycles. The number of carbonyl (C=O) groups is 1. The van der Waals surface area contributed by atoms with Crippen molar-refractivity contribution in [3.8, 4) is 11.3 Å². The molecule has 4 aromatic rings. The summed E-state index contributed by atoms with van der Waals surface area (Å²) in [4.78, 5) is 12.7. The first kappa shape index (κ1) is 21.9. The minimum atomic E-state index is -3.78. The number of carbonyl (C=O) groups excluding carboxylic acids is 1. The van der Waals surface area contributed by atoms with Crippen LogP contribution in [0.1, 0.15) is 6.92 Å². The highest BCUT2D eigenvalue weighted by Crippen LogP contribution is 2.33. The lowest BCUT2D eigenvalue weighted by Gasteiger charge is -2.14. The number of nitrogens with two attached hydrogens (primary N) is 1. The van der Waals surface area contributed by atoms with Gasteiger partial charge in [0, 0.05) is 22.0 Å². The second-order valence-corrected chi connectivity index (χ2v) is 9.98. The maximum absolute atomic E-state index is 12.7. The van der Waals surface area contributed by atoms with Crippen LogP contribution in [-0.2, 0) is 14.8 Å². The Balaban J connectivity index is 1.55. The number of anilines is 1. The van der Waals surface area contributed by atoms with Crippen molar-refractivity contribution >= 4 is 44.2 Å². The first-order chi connectivity index (χ1) is 15.3. The summed E-state index contributed by atoms with van der Waals surface area (Å²) in [7, 11) is -3.78. The number of rotatable bonds is 6. The summed E-state index contributed by atoms with van der Waals surface area (Å²) in [6.45, 7) is 1.78. The molecule has 1 unspecified atom stereocenters. The number of hydrogen-bond acceptors (Lipinski definition) is 6. The molecule has 0 spiro atoms. The number of fused-ring (bicyclic) bond motifs is 1. The third kappa shape index (κ3) is 4.80. The Hall–Kier alpha value is -3.27. The lowest BCUT2D eigenvalue weighted by atomic mass is 10.1. The third-order valence-electron chi connectivity index (χ3n) is 4.81. The highest BCUT2D eigenvalue weighted by molar-refractivity contribution is 8.00. The molecule has 0 aliphatic rings. The van der Waals surface area contributed by atoms with Crippen LogP contribution in [0.15, 0.2) is 88.8 Å². The van der Waals surface area contributed by atoms with E-state index < -0.39 is 15.3 Å². The monoisotopic (exact) mass is 464 g/mol. The van der Waals surface area contributed by atoms with Gasteiger partial charge in [-0.3, -0.25) is 4.79 Å². The van der Waals surface area contributed by atoms with Crippen LogP contribution in [0, 0.1) is 0 Å². The first-order valence-electron chi connectivity index (χ1n) is 9.74. The van der Waals surface area contributed by atoms with E-state index in [2.05, 4.69) is 15.5 Å². The van der Waals surface area contributed by atoms with Gasteiger partial charge in [-0.15, -0.1) is 10.2 Å². The molecule has 1 atom stereocenters. The molecule has 3 aromatic carbocycles. The fourth-order valence-corrected chi connectivity index (χ4v) is 4.58. The van der Waals surface area contributed by atoms with E-state index in [4.69, 9.17) is 5.14 Å². The minimum absolute atomic E-state index is 0.0156. The summed E-state index contributed by atoms with van der Waals surface area (Å²) >= 11 is 1.31. The minimum Gasteiger partial charge on any atom is -0.325 e. The lowest BCUT2D eigenvalue weighted by Crippen LogP contribution is -2.22. The smallest absolute Gasteiger partial charge is 0.238 e. The van der Waals surface area contributed by atoms with Gasteiger partial charge in [0.15, 0.2) is 0 Å². The number of amides is 1. The number of hydrogen-bond donors (Lipinski definition) is 2. The molecule has 7 nitrogen and oxygen atoms in total. The van der Waals surface area contributed by atoms with Crippen LogP contribution in [0.3, 0.4) is 0 Å². The van der Waals surface area contributed by atoms with Gasteiger partial charge >= 0.3 is 0 Å². The van der Waals surface area contributed by atoms with Gasteiger partial charge in [-0.25, -0.2) is 13.6 Å². The fourth-order valence-electron chi connectivity index (χ4n) is 3.17. The van der Waals surface area contributed by atoms with E-state index in [9.17, 15) is 13.2 Å². The van der Waals surface area contributed by atoms with Crippen molar-refractivity contribution in [3.05, 3.63) is 78.9 Å². The number of primary sulfonamides is 1. The van der Waals surface area contributed by atoms with Crippen molar-refractivity contribution in [2.45, 2.75) is 22.1 Å². The normalized spacial score (nSPS) is 12.4. The summed E-state index contributed by atoms with van der Waals surface area (Å²) in [5.41, 5.74) is 2.24. The number of thioether (sulfide) groups is 1. The molecule has 0 radical (unpaired) electrons. The zero-order valence-corrected chi connectivity index (χ0v) is 18.7. The van der Waals surface area contributed by atoms with Crippen LogP contribution in [0.4, 0.5) is 5.69 Å². The average Bonchev–Trinajstić information content (AvgIpc) is 2.79. The van der Waals surface area contributed by atoms with Crippen LogP contribution in [0.5, 0.6) is 0 Å². The van der Waals surface area contributed by atoms with Crippen LogP contribution < -0.4 is 10.5 Å². The molecule has 0 saturated heterocycles. The maximum atomic E-state index is 12.7. The van der Waals surface area contributed by atoms with Gasteiger partial charge in [-0.2, -0.15) is 0 Å². The molecule has 0 aliphatic carbocycles. The van der Waals surface area contributed by atoms with Crippen LogP contribution >= 0.6 is 11.8 Å². The number of sulfonamides is 1. The van der Waals surface area contributed by atoms with E-state index >= 15 is 0 Å². The number of benzene rings is 3. The SMILES string of the molecule is CC(Sc1nnc(-c2ccccc2)c2ccccc12)C(=O)Nc1ccc(S(N)(=O)=O)cc1. The first-order valence-corrected chi connectivity index (χ1v) is 12.2. The van der Waals surface area contributed by atoms with Crippen molar-refractivity contribution in [1.29, 1.82) is 0 Å². The number of aromatic nitrogens is 2. The molecule has 162 valence electrons. The highest BCUT2D eigenvalue weighted by atomic mass is 32.2. The molecule has 4 rings (SSSR count). The van der Waals surface area contributed by atoms with Crippen molar-refractivity contribution in [2.24, 2.45) is 5.14 Å². The van der Waals surface area contributed by atoms with Crippen LogP contribution in [0.25, 0.3) is 22.0 Å². The standard InChI is InChI=1S/C23H20N4O3S2/c1-15(22(28)25-17-11-13-18(14-12-17)32(24,29)30)31-23-20-10-6-5-9-19(20)21(26-27-23)16-7-3-2-4-8-16/h2-15H,1H3,(H,25,28)(H2,24,29,30). The van der Waals surface area contributed by atoms with E-state index in [0.29, 0.717) is 10.7 Å². The fraction of sp³-hybridized carbons (Fsp3) is 0.0870. The average molecular weight is 465 g/mol. The molecule has 0 bridgehead atoms. The number of nitrogens with zero attached hydrogens (tertiary/aromatic N) is 2. The van der Waals surface area contributed by atoms with Gasteiger partial charge in [-0.05, 0) is 31.2 Å². The Morgan fingerprint density at radius 1 is 0.906 bits per heavy atom. The van der Waals surface area contributed by atoms with E-state index in [0.717, 1.165) is 22.0 Å². The van der Waals surface area contributed by atoms with E-state index in [-0.39, 0.29) is 10.8 Å². The Kier molecular flexibility index (Phi) is 6.22. The summed E-state index contributed by atoms with van der Waals surface area (Å²) in [6, 6.07) is 23.4. The Bertz CT molecular complexity index is 1380. The van der Waals surface area contributed by atoms with Gasteiger partial charge in [0.2, 0.25) is 15.9 Å². The molecule has 3 N–H and O–H groups in total. The molecule has 0 fully saturated rings.